The molecule has 1 aliphatic heterocycles. The van der Waals surface area contributed by atoms with Gasteiger partial charge in [0.1, 0.15) is 5.82 Å². The molecule has 124 valence electrons. The number of thiazole rings is 1. The second kappa shape index (κ2) is 5.98. The first-order chi connectivity index (χ1) is 11.6. The van der Waals surface area contributed by atoms with Gasteiger partial charge in [-0.15, -0.1) is 11.3 Å². The summed E-state index contributed by atoms with van der Waals surface area (Å²) >= 11 is 1.51. The predicted molar refractivity (Wildman–Crippen MR) is 89.8 cm³/mol. The van der Waals surface area contributed by atoms with Gasteiger partial charge in [0.2, 0.25) is 11.8 Å². The fourth-order valence-electron chi connectivity index (χ4n) is 3.27. The number of aromatic nitrogens is 1. The number of benzene rings is 1. The van der Waals surface area contributed by atoms with E-state index in [1.165, 1.54) is 28.3 Å². The summed E-state index contributed by atoms with van der Waals surface area (Å²) in [6, 6.07) is 4.11. The minimum atomic E-state index is -0.629. The lowest BCUT2D eigenvalue weighted by Crippen LogP contribution is -2.30. The van der Waals surface area contributed by atoms with Crippen LogP contribution in [0.3, 0.4) is 0 Å². The van der Waals surface area contributed by atoms with Crippen LogP contribution in [0, 0.1) is 5.82 Å². The fourth-order valence-corrected chi connectivity index (χ4v) is 4.32. The van der Waals surface area contributed by atoms with E-state index in [1.807, 2.05) is 0 Å². The van der Waals surface area contributed by atoms with Gasteiger partial charge in [0.05, 0.1) is 11.6 Å². The van der Waals surface area contributed by atoms with Crippen molar-refractivity contribution in [2.75, 3.05) is 10.6 Å². The molecule has 7 heteroatoms. The number of halogens is 1. The smallest absolute Gasteiger partial charge is 0.234 e. The first-order valence-electron chi connectivity index (χ1n) is 7.99. The van der Waals surface area contributed by atoms with Crippen molar-refractivity contribution in [3.8, 4) is 0 Å². The summed E-state index contributed by atoms with van der Waals surface area (Å²) in [5.41, 5.74) is 2.07. The van der Waals surface area contributed by atoms with Gasteiger partial charge in [-0.05, 0) is 43.4 Å². The molecule has 2 aromatic rings. The molecule has 0 saturated carbocycles. The van der Waals surface area contributed by atoms with Crippen molar-refractivity contribution in [3.63, 3.8) is 0 Å². The van der Waals surface area contributed by atoms with E-state index < -0.39 is 11.7 Å². The van der Waals surface area contributed by atoms with Gasteiger partial charge < -0.3 is 10.6 Å². The van der Waals surface area contributed by atoms with Crippen LogP contribution in [0.1, 0.15) is 41.3 Å². The van der Waals surface area contributed by atoms with E-state index in [0.29, 0.717) is 16.4 Å². The number of carbonyl (C=O) groups is 2. The van der Waals surface area contributed by atoms with E-state index in [-0.39, 0.29) is 18.2 Å². The standard InChI is InChI=1S/C17H16FN3O2S/c18-9-5-6-10-11(8-15(22)19-13(10)7-9)16(23)21-17-20-12-3-1-2-4-14(12)24-17/h5-7,11H,1-4,8H2,(H,19,22)(H,20,21,23)/t11-/m1/s1. The average Bonchev–Trinajstić information content (AvgIpc) is 2.95. The van der Waals surface area contributed by atoms with E-state index in [2.05, 4.69) is 15.6 Å². The van der Waals surface area contributed by atoms with Crippen LogP contribution in [0.5, 0.6) is 0 Å². The fraction of sp³-hybridized carbons (Fsp3) is 0.353. The summed E-state index contributed by atoms with van der Waals surface area (Å²) in [6.45, 7) is 0. The summed E-state index contributed by atoms with van der Waals surface area (Å²) in [5, 5.41) is 6.04. The van der Waals surface area contributed by atoms with Crippen molar-refractivity contribution >= 4 is 34.0 Å². The Morgan fingerprint density at radius 2 is 2.17 bits per heavy atom. The van der Waals surface area contributed by atoms with Gasteiger partial charge in [0.25, 0.3) is 0 Å². The number of carbonyl (C=O) groups excluding carboxylic acids is 2. The Morgan fingerprint density at radius 1 is 1.33 bits per heavy atom. The van der Waals surface area contributed by atoms with Crippen LogP contribution in [0.25, 0.3) is 0 Å². The van der Waals surface area contributed by atoms with Crippen molar-refractivity contribution in [2.24, 2.45) is 0 Å². The molecule has 24 heavy (non-hydrogen) atoms. The number of nitrogens with one attached hydrogen (secondary N) is 2. The Morgan fingerprint density at radius 3 is 3.00 bits per heavy atom. The summed E-state index contributed by atoms with van der Waals surface area (Å²) in [6.07, 6.45) is 4.30. The van der Waals surface area contributed by atoms with E-state index in [1.54, 1.807) is 6.07 Å². The zero-order chi connectivity index (χ0) is 16.7. The molecule has 2 aliphatic rings. The summed E-state index contributed by atoms with van der Waals surface area (Å²) in [4.78, 5) is 30.2. The average molecular weight is 345 g/mol. The Kier molecular flexibility index (Phi) is 3.80. The third kappa shape index (κ3) is 2.80. The highest BCUT2D eigenvalue weighted by Crippen LogP contribution is 2.35. The molecule has 0 saturated heterocycles. The van der Waals surface area contributed by atoms with E-state index in [0.717, 1.165) is 31.4 Å². The van der Waals surface area contributed by atoms with Gasteiger partial charge in [0.15, 0.2) is 5.13 Å². The molecule has 1 aromatic heterocycles. The van der Waals surface area contributed by atoms with E-state index in [4.69, 9.17) is 0 Å². The summed E-state index contributed by atoms with van der Waals surface area (Å²) in [7, 11) is 0. The highest BCUT2D eigenvalue weighted by Gasteiger charge is 2.31. The topological polar surface area (TPSA) is 71.1 Å². The first-order valence-corrected chi connectivity index (χ1v) is 8.80. The van der Waals surface area contributed by atoms with Crippen LogP contribution < -0.4 is 10.6 Å². The van der Waals surface area contributed by atoms with Gasteiger partial charge in [-0.2, -0.15) is 0 Å². The Bertz CT molecular complexity index is 810. The lowest BCUT2D eigenvalue weighted by Gasteiger charge is -2.24. The summed E-state index contributed by atoms with van der Waals surface area (Å²) in [5.74, 6) is -1.63. The zero-order valence-electron chi connectivity index (χ0n) is 12.9. The van der Waals surface area contributed by atoms with Crippen LogP contribution in [-0.4, -0.2) is 16.8 Å². The number of anilines is 2. The summed E-state index contributed by atoms with van der Waals surface area (Å²) < 4.78 is 13.4. The van der Waals surface area contributed by atoms with Gasteiger partial charge in [0, 0.05) is 17.0 Å². The minimum Gasteiger partial charge on any atom is -0.326 e. The maximum Gasteiger partial charge on any atom is 0.234 e. The first kappa shape index (κ1) is 15.3. The highest BCUT2D eigenvalue weighted by molar-refractivity contribution is 7.15. The van der Waals surface area contributed by atoms with Crippen LogP contribution in [-0.2, 0) is 22.4 Å². The molecular weight excluding hydrogens is 329 g/mol. The zero-order valence-corrected chi connectivity index (χ0v) is 13.7. The number of hydrogen-bond donors (Lipinski definition) is 2. The van der Waals surface area contributed by atoms with Crippen molar-refractivity contribution in [1.29, 1.82) is 0 Å². The molecule has 2 heterocycles. The number of nitrogens with zero attached hydrogens (tertiary/aromatic N) is 1. The molecule has 1 aliphatic carbocycles. The largest absolute Gasteiger partial charge is 0.326 e. The molecule has 4 rings (SSSR count). The lowest BCUT2D eigenvalue weighted by atomic mass is 9.90. The molecule has 0 fully saturated rings. The molecule has 1 atom stereocenters. The van der Waals surface area contributed by atoms with Crippen molar-refractivity contribution in [3.05, 3.63) is 40.2 Å². The predicted octanol–water partition coefficient (Wildman–Crippen LogP) is 3.23. The quantitative estimate of drug-likeness (QED) is 0.878. The van der Waals surface area contributed by atoms with Gasteiger partial charge in [-0.25, -0.2) is 9.37 Å². The monoisotopic (exact) mass is 345 g/mol. The molecule has 0 unspecified atom stereocenters. The van der Waals surface area contributed by atoms with Crippen molar-refractivity contribution in [2.45, 2.75) is 38.0 Å². The number of hydrogen-bond acceptors (Lipinski definition) is 4. The molecule has 2 N–H and O–H groups in total. The van der Waals surface area contributed by atoms with Crippen LogP contribution >= 0.6 is 11.3 Å². The minimum absolute atomic E-state index is 0.0511. The third-order valence-electron chi connectivity index (χ3n) is 4.45. The van der Waals surface area contributed by atoms with E-state index >= 15 is 0 Å². The SMILES string of the molecule is O=C1C[C@@H](C(=O)Nc2nc3c(s2)CCCC3)c2ccc(F)cc2N1. The van der Waals surface area contributed by atoms with Crippen LogP contribution in [0.4, 0.5) is 15.2 Å². The third-order valence-corrected chi connectivity index (χ3v) is 5.52. The van der Waals surface area contributed by atoms with Crippen molar-refractivity contribution in [1.82, 2.24) is 4.98 Å². The number of rotatable bonds is 2. The number of amides is 2. The van der Waals surface area contributed by atoms with Crippen LogP contribution in [0.2, 0.25) is 0 Å². The molecule has 1 aromatic carbocycles. The normalized spacial score (nSPS) is 19.2. The molecule has 5 nitrogen and oxygen atoms in total. The number of fused-ring (bicyclic) bond motifs is 2. The Balaban J connectivity index is 1.58. The Labute approximate surface area is 142 Å². The maximum atomic E-state index is 13.4. The number of aryl methyl sites for hydroxylation is 2. The van der Waals surface area contributed by atoms with Gasteiger partial charge in [-0.1, -0.05) is 6.07 Å². The van der Waals surface area contributed by atoms with Crippen LogP contribution in [0.15, 0.2) is 18.2 Å². The molecule has 0 radical (unpaired) electrons. The molecular formula is C17H16FN3O2S. The molecule has 0 bridgehead atoms. The van der Waals surface area contributed by atoms with Gasteiger partial charge >= 0.3 is 0 Å². The molecule has 0 spiro atoms. The second-order valence-corrected chi connectivity index (χ2v) is 7.21. The van der Waals surface area contributed by atoms with Gasteiger partial charge in [-0.3, -0.25) is 9.59 Å². The van der Waals surface area contributed by atoms with E-state index in [9.17, 15) is 14.0 Å². The van der Waals surface area contributed by atoms with Crippen molar-refractivity contribution < 1.29 is 14.0 Å². The lowest BCUT2D eigenvalue weighted by molar-refractivity contribution is -0.123. The highest BCUT2D eigenvalue weighted by atomic mass is 32.1. The second-order valence-electron chi connectivity index (χ2n) is 6.12. The maximum absolute atomic E-state index is 13.4. The molecule has 2 amide bonds. The Hall–Kier alpha value is -2.28.